The maximum absolute atomic E-state index is 5.81. The van der Waals surface area contributed by atoms with Crippen LogP contribution >= 0.6 is 11.6 Å². The van der Waals surface area contributed by atoms with Gasteiger partial charge in [-0.15, -0.1) is 10.2 Å². The van der Waals surface area contributed by atoms with Crippen molar-refractivity contribution in [3.63, 3.8) is 0 Å². The summed E-state index contributed by atoms with van der Waals surface area (Å²) >= 11 is 5.81. The standard InChI is InChI=1S/C9H13ClN8O/c1-4(2)19-9-13-7(10)12-8(14-9)11-5(3)6-15-17-18-16-6/h4-5H,1-3H3,(H,11,12,13,14)(H,15,16,17,18). The van der Waals surface area contributed by atoms with Crippen molar-refractivity contribution < 1.29 is 4.74 Å². The van der Waals surface area contributed by atoms with E-state index in [4.69, 9.17) is 16.3 Å². The number of H-pyrrole nitrogens is 1. The van der Waals surface area contributed by atoms with Gasteiger partial charge in [-0.25, -0.2) is 0 Å². The molecule has 1 atom stereocenters. The fraction of sp³-hybridized carbons (Fsp3) is 0.556. The van der Waals surface area contributed by atoms with Crippen molar-refractivity contribution in [1.82, 2.24) is 35.6 Å². The molecular formula is C9H13ClN8O. The van der Waals surface area contributed by atoms with Crippen LogP contribution in [0.5, 0.6) is 6.01 Å². The van der Waals surface area contributed by atoms with Gasteiger partial charge in [0, 0.05) is 0 Å². The maximum atomic E-state index is 5.81. The summed E-state index contributed by atoms with van der Waals surface area (Å²) < 4.78 is 5.37. The van der Waals surface area contributed by atoms with Crippen molar-refractivity contribution in [2.45, 2.75) is 32.9 Å². The number of ether oxygens (including phenoxy) is 1. The summed E-state index contributed by atoms with van der Waals surface area (Å²) in [6, 6.07) is -0.0677. The van der Waals surface area contributed by atoms with Crippen molar-refractivity contribution in [2.24, 2.45) is 0 Å². The Kier molecular flexibility index (Phi) is 4.05. The molecule has 19 heavy (non-hydrogen) atoms. The first-order valence-electron chi connectivity index (χ1n) is 5.62. The lowest BCUT2D eigenvalue weighted by atomic mass is 10.3. The van der Waals surface area contributed by atoms with E-state index in [0.29, 0.717) is 5.82 Å². The molecule has 2 rings (SSSR count). The van der Waals surface area contributed by atoms with Crippen LogP contribution in [0.3, 0.4) is 0 Å². The van der Waals surface area contributed by atoms with Crippen LogP contribution in [-0.2, 0) is 0 Å². The molecule has 10 heteroatoms. The Bertz CT molecular complexity index is 531. The van der Waals surface area contributed by atoms with Crippen molar-refractivity contribution in [3.05, 3.63) is 11.1 Å². The van der Waals surface area contributed by atoms with Gasteiger partial charge in [0.05, 0.1) is 12.1 Å². The van der Waals surface area contributed by atoms with E-state index in [1.165, 1.54) is 0 Å². The normalized spacial score (nSPS) is 12.5. The summed E-state index contributed by atoms with van der Waals surface area (Å²) in [4.78, 5) is 11.9. The summed E-state index contributed by atoms with van der Waals surface area (Å²) in [5.41, 5.74) is 0. The lowest BCUT2D eigenvalue weighted by Gasteiger charge is -2.12. The Labute approximate surface area is 114 Å². The number of tetrazole rings is 1. The number of nitrogens with zero attached hydrogens (tertiary/aromatic N) is 6. The van der Waals surface area contributed by atoms with E-state index in [1.807, 2.05) is 20.8 Å². The van der Waals surface area contributed by atoms with Crippen LogP contribution in [0.1, 0.15) is 32.6 Å². The van der Waals surface area contributed by atoms with Gasteiger partial charge >= 0.3 is 6.01 Å². The molecule has 0 saturated heterocycles. The predicted molar refractivity (Wildman–Crippen MR) is 66.8 cm³/mol. The molecule has 1 unspecified atom stereocenters. The highest BCUT2D eigenvalue weighted by Gasteiger charge is 2.14. The zero-order valence-corrected chi connectivity index (χ0v) is 11.4. The number of halogens is 1. The van der Waals surface area contributed by atoms with Gasteiger partial charge in [-0.3, -0.25) is 0 Å². The molecule has 9 nitrogen and oxygen atoms in total. The Morgan fingerprint density at radius 1 is 1.21 bits per heavy atom. The van der Waals surface area contributed by atoms with Crippen LogP contribution in [0.4, 0.5) is 5.95 Å². The Hall–Kier alpha value is -2.03. The molecule has 2 heterocycles. The highest BCUT2D eigenvalue weighted by atomic mass is 35.5. The van der Waals surface area contributed by atoms with Crippen LogP contribution in [0.25, 0.3) is 0 Å². The number of anilines is 1. The molecule has 0 aliphatic carbocycles. The first-order valence-corrected chi connectivity index (χ1v) is 6.00. The van der Waals surface area contributed by atoms with Gasteiger partial charge in [-0.05, 0) is 32.4 Å². The number of aromatic amines is 1. The maximum Gasteiger partial charge on any atom is 0.322 e. The Morgan fingerprint density at radius 3 is 2.63 bits per heavy atom. The quantitative estimate of drug-likeness (QED) is 0.835. The van der Waals surface area contributed by atoms with E-state index < -0.39 is 0 Å². The molecule has 2 aromatic rings. The van der Waals surface area contributed by atoms with Gasteiger partial charge < -0.3 is 10.1 Å². The number of nitrogens with one attached hydrogen (secondary N) is 2. The van der Waals surface area contributed by atoms with E-state index in [-0.39, 0.29) is 29.4 Å². The zero-order chi connectivity index (χ0) is 13.8. The monoisotopic (exact) mass is 284 g/mol. The van der Waals surface area contributed by atoms with Gasteiger partial charge in [0.15, 0.2) is 5.82 Å². The molecule has 0 spiro atoms. The Morgan fingerprint density at radius 2 is 2.00 bits per heavy atom. The van der Waals surface area contributed by atoms with E-state index in [9.17, 15) is 0 Å². The first-order chi connectivity index (χ1) is 9.04. The molecule has 0 bridgehead atoms. The molecular weight excluding hydrogens is 272 g/mol. The van der Waals surface area contributed by atoms with Crippen LogP contribution in [-0.4, -0.2) is 41.7 Å². The minimum atomic E-state index is -0.232. The fourth-order valence-electron chi connectivity index (χ4n) is 1.27. The molecule has 0 saturated carbocycles. The number of hydrogen-bond donors (Lipinski definition) is 2. The minimum Gasteiger partial charge on any atom is -0.461 e. The van der Waals surface area contributed by atoms with Crippen molar-refractivity contribution in [1.29, 1.82) is 0 Å². The average molecular weight is 285 g/mol. The SMILES string of the molecule is CC(C)Oc1nc(Cl)nc(NC(C)c2nn[nH]n2)n1. The second-order valence-electron chi connectivity index (χ2n) is 4.01. The lowest BCUT2D eigenvalue weighted by molar-refractivity contribution is 0.222. The lowest BCUT2D eigenvalue weighted by Crippen LogP contribution is -2.14. The van der Waals surface area contributed by atoms with Crippen LogP contribution < -0.4 is 10.1 Å². The van der Waals surface area contributed by atoms with Crippen molar-refractivity contribution in [2.75, 3.05) is 5.32 Å². The van der Waals surface area contributed by atoms with Gasteiger partial charge in [0.1, 0.15) is 0 Å². The number of rotatable bonds is 5. The predicted octanol–water partition coefficient (Wildman–Crippen LogP) is 0.998. The summed E-state index contributed by atoms with van der Waals surface area (Å²) in [6.07, 6.45) is -0.0547. The molecule has 2 aromatic heterocycles. The first kappa shape index (κ1) is 13.4. The third kappa shape index (κ3) is 3.71. The second kappa shape index (κ2) is 5.74. The minimum absolute atomic E-state index is 0.0495. The number of aromatic nitrogens is 7. The van der Waals surface area contributed by atoms with E-state index >= 15 is 0 Å². The van der Waals surface area contributed by atoms with Crippen LogP contribution in [0, 0.1) is 0 Å². The van der Waals surface area contributed by atoms with E-state index in [1.54, 1.807) is 0 Å². The molecule has 0 aliphatic heterocycles. The fourth-order valence-corrected chi connectivity index (χ4v) is 1.42. The molecule has 0 aromatic carbocycles. The molecule has 0 fully saturated rings. The van der Waals surface area contributed by atoms with Gasteiger partial charge in [-0.1, -0.05) is 5.21 Å². The third-order valence-corrected chi connectivity index (χ3v) is 2.19. The molecule has 0 radical (unpaired) electrons. The largest absolute Gasteiger partial charge is 0.461 e. The summed E-state index contributed by atoms with van der Waals surface area (Å²) in [6.45, 7) is 5.57. The molecule has 0 aliphatic rings. The zero-order valence-electron chi connectivity index (χ0n) is 10.6. The summed E-state index contributed by atoms with van der Waals surface area (Å²) in [7, 11) is 0. The van der Waals surface area contributed by atoms with Crippen molar-refractivity contribution in [3.8, 4) is 6.01 Å². The smallest absolute Gasteiger partial charge is 0.322 e. The van der Waals surface area contributed by atoms with Gasteiger partial charge in [0.2, 0.25) is 11.2 Å². The molecule has 102 valence electrons. The highest BCUT2D eigenvalue weighted by molar-refractivity contribution is 6.28. The van der Waals surface area contributed by atoms with Gasteiger partial charge in [0.25, 0.3) is 0 Å². The highest BCUT2D eigenvalue weighted by Crippen LogP contribution is 2.16. The Balaban J connectivity index is 2.13. The van der Waals surface area contributed by atoms with E-state index in [0.717, 1.165) is 0 Å². The summed E-state index contributed by atoms with van der Waals surface area (Å²) in [5, 5.41) is 16.6. The molecule has 0 amide bonds. The van der Waals surface area contributed by atoms with Crippen molar-refractivity contribution >= 4 is 17.5 Å². The third-order valence-electron chi connectivity index (χ3n) is 2.02. The average Bonchev–Trinajstić information content (AvgIpc) is 2.79. The van der Waals surface area contributed by atoms with E-state index in [2.05, 4.69) is 40.9 Å². The van der Waals surface area contributed by atoms with Crippen LogP contribution in [0.2, 0.25) is 5.28 Å². The second-order valence-corrected chi connectivity index (χ2v) is 4.35. The number of hydrogen-bond acceptors (Lipinski definition) is 8. The van der Waals surface area contributed by atoms with Gasteiger partial charge in [-0.2, -0.15) is 20.2 Å². The summed E-state index contributed by atoms with van der Waals surface area (Å²) in [5.74, 6) is 0.774. The van der Waals surface area contributed by atoms with Crippen LogP contribution in [0.15, 0.2) is 0 Å². The topological polar surface area (TPSA) is 114 Å². The molecule has 2 N–H and O–H groups in total.